The number of rotatable bonds is 13. The molecule has 1 saturated heterocycles. The Kier molecular flexibility index (Phi) is 7.78. The lowest BCUT2D eigenvalue weighted by Crippen LogP contribution is -2.36. The van der Waals surface area contributed by atoms with Gasteiger partial charge in [0.15, 0.2) is 0 Å². The van der Waals surface area contributed by atoms with Gasteiger partial charge in [0.1, 0.15) is 12.3 Å². The van der Waals surface area contributed by atoms with Crippen LogP contribution in [0, 0.1) is 17.2 Å². The minimum atomic E-state index is -0.301. The van der Waals surface area contributed by atoms with E-state index in [0.29, 0.717) is 18.9 Å². The molecule has 3 rings (SSSR count). The summed E-state index contributed by atoms with van der Waals surface area (Å²) in [7, 11) is 0. The van der Waals surface area contributed by atoms with Crippen molar-refractivity contribution in [2.24, 2.45) is 5.92 Å². The van der Waals surface area contributed by atoms with Gasteiger partial charge in [0, 0.05) is 25.4 Å². The third-order valence-corrected chi connectivity index (χ3v) is 4.96. The number of ether oxygens (including phenoxy) is 1. The molecule has 9 heteroatoms. The number of amides is 3. The number of nitrogens with one attached hydrogen (secondary N) is 3. The van der Waals surface area contributed by atoms with Crippen LogP contribution in [0.5, 0.6) is 5.75 Å². The first kappa shape index (κ1) is 21.0. The maximum absolute atomic E-state index is 11.5. The van der Waals surface area contributed by atoms with Gasteiger partial charge < -0.3 is 9.64 Å². The zero-order valence-electron chi connectivity index (χ0n) is 16.5. The van der Waals surface area contributed by atoms with Gasteiger partial charge in [-0.2, -0.15) is 5.26 Å². The van der Waals surface area contributed by atoms with E-state index < -0.39 is 0 Å². The van der Waals surface area contributed by atoms with Crippen LogP contribution in [0.2, 0.25) is 0 Å². The second-order valence-electron chi connectivity index (χ2n) is 7.49. The van der Waals surface area contributed by atoms with Crippen molar-refractivity contribution in [1.82, 2.24) is 26.1 Å². The monoisotopic (exact) mass is 400 g/mol. The van der Waals surface area contributed by atoms with Crippen LogP contribution in [0.15, 0.2) is 18.3 Å². The topological polar surface area (TPSA) is 119 Å². The molecule has 3 amide bonds. The highest BCUT2D eigenvalue weighted by atomic mass is 16.5. The molecule has 0 spiro atoms. The number of hydrogen-bond acceptors (Lipinski definition) is 7. The average Bonchev–Trinajstić information content (AvgIpc) is 3.49. The van der Waals surface area contributed by atoms with Crippen LogP contribution in [-0.2, 0) is 4.79 Å². The maximum atomic E-state index is 11.5. The molecule has 9 nitrogen and oxygen atoms in total. The third kappa shape index (κ3) is 7.00. The van der Waals surface area contributed by atoms with E-state index in [2.05, 4.69) is 27.2 Å². The first-order valence-electron chi connectivity index (χ1n) is 10.2. The van der Waals surface area contributed by atoms with Gasteiger partial charge in [-0.1, -0.05) is 6.42 Å². The first-order chi connectivity index (χ1) is 14.2. The number of hydrazine groups is 1. The van der Waals surface area contributed by atoms with Crippen molar-refractivity contribution >= 4 is 11.9 Å². The van der Waals surface area contributed by atoms with Crippen molar-refractivity contribution in [3.8, 4) is 11.8 Å². The predicted molar refractivity (Wildman–Crippen MR) is 106 cm³/mol. The molecule has 1 unspecified atom stereocenters. The SMILES string of the molecule is N#CCC(NNCCCCCN1CC(=O)NC1=O)c1cc(OCC2CC2)ccn1. The van der Waals surface area contributed by atoms with Crippen LogP contribution in [0.25, 0.3) is 0 Å². The van der Waals surface area contributed by atoms with E-state index in [1.54, 1.807) is 6.20 Å². The molecule has 2 heterocycles. The summed E-state index contributed by atoms with van der Waals surface area (Å²) in [5.41, 5.74) is 7.12. The molecule has 29 heavy (non-hydrogen) atoms. The molecule has 1 saturated carbocycles. The second-order valence-corrected chi connectivity index (χ2v) is 7.49. The Balaban J connectivity index is 1.34. The largest absolute Gasteiger partial charge is 0.493 e. The van der Waals surface area contributed by atoms with Crippen molar-refractivity contribution in [1.29, 1.82) is 5.26 Å². The molecule has 156 valence electrons. The number of nitriles is 1. The Morgan fingerprint density at radius 1 is 1.34 bits per heavy atom. The lowest BCUT2D eigenvalue weighted by molar-refractivity contribution is -0.118. The fourth-order valence-corrected chi connectivity index (χ4v) is 3.08. The summed E-state index contributed by atoms with van der Waals surface area (Å²) in [6, 6.07) is 5.41. The van der Waals surface area contributed by atoms with Gasteiger partial charge in [-0.3, -0.25) is 20.5 Å². The summed E-state index contributed by atoms with van der Waals surface area (Å²) in [4.78, 5) is 28.5. The normalized spacial score (nSPS) is 17.1. The van der Waals surface area contributed by atoms with Crippen molar-refractivity contribution in [2.75, 3.05) is 26.2 Å². The van der Waals surface area contributed by atoms with Gasteiger partial charge >= 0.3 is 6.03 Å². The highest BCUT2D eigenvalue weighted by Gasteiger charge is 2.25. The molecular formula is C20H28N6O3. The molecule has 1 aliphatic heterocycles. The van der Waals surface area contributed by atoms with Crippen LogP contribution in [0.4, 0.5) is 4.79 Å². The third-order valence-electron chi connectivity index (χ3n) is 4.96. The maximum Gasteiger partial charge on any atom is 0.324 e. The fourth-order valence-electron chi connectivity index (χ4n) is 3.08. The summed E-state index contributed by atoms with van der Waals surface area (Å²) in [5, 5.41) is 11.4. The standard InChI is InChI=1S/C20H28N6O3/c21-8-6-17(18-12-16(7-10-22-18)29-14-15-4-5-15)25-23-9-2-1-3-11-26-13-19(27)24-20(26)28/h7,10,12,15,17,23,25H,1-6,9,11,13-14H2,(H,24,27,28). The lowest BCUT2D eigenvalue weighted by atomic mass is 10.1. The van der Waals surface area contributed by atoms with Crippen molar-refractivity contribution < 1.29 is 14.3 Å². The van der Waals surface area contributed by atoms with Gasteiger partial charge in [0.2, 0.25) is 5.91 Å². The molecule has 2 fully saturated rings. The Bertz CT molecular complexity index is 746. The summed E-state index contributed by atoms with van der Waals surface area (Å²) in [6.45, 7) is 2.21. The number of aromatic nitrogens is 1. The van der Waals surface area contributed by atoms with Crippen LogP contribution in [0.1, 0.15) is 50.3 Å². The summed E-state index contributed by atoms with van der Waals surface area (Å²) >= 11 is 0. The number of hydrogen-bond donors (Lipinski definition) is 3. The molecule has 0 aromatic carbocycles. The first-order valence-corrected chi connectivity index (χ1v) is 10.2. The quantitative estimate of drug-likeness (QED) is 0.262. The molecule has 2 aliphatic rings. The number of unbranched alkanes of at least 4 members (excludes halogenated alkanes) is 2. The van der Waals surface area contributed by atoms with Gasteiger partial charge in [0.05, 0.1) is 30.8 Å². The highest BCUT2D eigenvalue weighted by molar-refractivity contribution is 6.01. The summed E-state index contributed by atoms with van der Waals surface area (Å²) in [5.74, 6) is 1.23. The zero-order chi connectivity index (χ0) is 20.5. The van der Waals surface area contributed by atoms with E-state index in [-0.39, 0.29) is 24.5 Å². The van der Waals surface area contributed by atoms with E-state index in [0.717, 1.165) is 43.9 Å². The number of imide groups is 1. The number of carbonyl (C=O) groups is 2. The molecule has 1 aliphatic carbocycles. The van der Waals surface area contributed by atoms with Gasteiger partial charge in [-0.25, -0.2) is 10.2 Å². The Morgan fingerprint density at radius 3 is 2.93 bits per heavy atom. The fraction of sp³-hybridized carbons (Fsp3) is 0.600. The zero-order valence-corrected chi connectivity index (χ0v) is 16.5. The molecule has 1 aromatic heterocycles. The number of pyridine rings is 1. The van der Waals surface area contributed by atoms with E-state index in [1.807, 2.05) is 12.1 Å². The van der Waals surface area contributed by atoms with Gasteiger partial charge in [-0.15, -0.1) is 0 Å². The van der Waals surface area contributed by atoms with E-state index in [9.17, 15) is 9.59 Å². The smallest absolute Gasteiger partial charge is 0.324 e. The molecule has 1 atom stereocenters. The van der Waals surface area contributed by atoms with Crippen LogP contribution in [-0.4, -0.2) is 48.1 Å². The van der Waals surface area contributed by atoms with Crippen molar-refractivity contribution in [3.63, 3.8) is 0 Å². The van der Waals surface area contributed by atoms with Gasteiger partial charge in [-0.05, 0) is 37.7 Å². The van der Waals surface area contributed by atoms with Crippen LogP contribution < -0.4 is 20.9 Å². The minimum Gasteiger partial charge on any atom is -0.493 e. The predicted octanol–water partition coefficient (Wildman–Crippen LogP) is 1.64. The molecular weight excluding hydrogens is 372 g/mol. The Morgan fingerprint density at radius 2 is 2.21 bits per heavy atom. The number of carbonyl (C=O) groups excluding carboxylic acids is 2. The summed E-state index contributed by atoms with van der Waals surface area (Å²) < 4.78 is 5.80. The van der Waals surface area contributed by atoms with E-state index >= 15 is 0 Å². The number of nitrogens with zero attached hydrogens (tertiary/aromatic N) is 3. The lowest BCUT2D eigenvalue weighted by Gasteiger charge is -2.17. The molecule has 0 bridgehead atoms. The van der Waals surface area contributed by atoms with Crippen molar-refractivity contribution in [2.45, 2.75) is 44.6 Å². The highest BCUT2D eigenvalue weighted by Crippen LogP contribution is 2.29. The minimum absolute atomic E-state index is 0.158. The van der Waals surface area contributed by atoms with E-state index in [4.69, 9.17) is 10.00 Å². The number of urea groups is 1. The molecule has 1 aromatic rings. The molecule has 0 radical (unpaired) electrons. The van der Waals surface area contributed by atoms with Gasteiger partial charge in [0.25, 0.3) is 0 Å². The Hall–Kier alpha value is -2.70. The molecule has 3 N–H and O–H groups in total. The summed E-state index contributed by atoms with van der Waals surface area (Å²) in [6.07, 6.45) is 7.17. The Labute approximate surface area is 170 Å². The van der Waals surface area contributed by atoms with Crippen LogP contribution in [0.3, 0.4) is 0 Å². The van der Waals surface area contributed by atoms with Crippen molar-refractivity contribution in [3.05, 3.63) is 24.0 Å². The van der Waals surface area contributed by atoms with E-state index in [1.165, 1.54) is 17.7 Å². The van der Waals surface area contributed by atoms with Crippen LogP contribution >= 0.6 is 0 Å². The second kappa shape index (κ2) is 10.7. The average molecular weight is 400 g/mol.